The number of fused-ring (bicyclic) bond motifs is 1. The van der Waals surface area contributed by atoms with Gasteiger partial charge >= 0.3 is 0 Å². The van der Waals surface area contributed by atoms with Crippen molar-refractivity contribution in [2.75, 3.05) is 31.7 Å². The largest absolute Gasteiger partial charge is 0.497 e. The number of carbonyl (C=O) groups is 1. The number of aromatic nitrogens is 2. The highest BCUT2D eigenvalue weighted by molar-refractivity contribution is 6.07. The molecule has 2 aromatic carbocycles. The molecule has 9 nitrogen and oxygen atoms in total. The first kappa shape index (κ1) is 21.5. The lowest BCUT2D eigenvalue weighted by Crippen LogP contribution is -2.39. The Labute approximate surface area is 202 Å². The molecule has 2 aliphatic heterocycles. The smallest absolute Gasteiger partial charge is 0.277 e. The number of hydrogen-bond donors (Lipinski definition) is 0. The summed E-state index contributed by atoms with van der Waals surface area (Å²) in [5.74, 6) is 1.41. The number of carbonyl (C=O) groups excluding carboxylic acids is 1. The monoisotopic (exact) mass is 471 g/mol. The van der Waals surface area contributed by atoms with Crippen molar-refractivity contribution >= 4 is 17.5 Å². The summed E-state index contributed by atoms with van der Waals surface area (Å²) in [6.45, 7) is 1.82. The van der Waals surface area contributed by atoms with Gasteiger partial charge in [0.05, 0.1) is 30.5 Å². The SMILES string of the molecule is COc1ccc(-n2nc(CN=O)c3c2C(=O)N(c2ccc(C4(C5=NCCO5)CC4)cc2)CC3)cc1. The van der Waals surface area contributed by atoms with Crippen LogP contribution in [-0.4, -0.2) is 48.4 Å². The molecule has 0 radical (unpaired) electrons. The van der Waals surface area contributed by atoms with Gasteiger partial charge in [-0.15, -0.1) is 0 Å². The van der Waals surface area contributed by atoms with E-state index in [-0.39, 0.29) is 17.9 Å². The average molecular weight is 472 g/mol. The molecule has 3 aliphatic rings. The zero-order valence-corrected chi connectivity index (χ0v) is 19.4. The Morgan fingerprint density at radius 3 is 2.46 bits per heavy atom. The fraction of sp³-hybridized carbons (Fsp3) is 0.346. The molecule has 0 saturated heterocycles. The number of anilines is 1. The van der Waals surface area contributed by atoms with Gasteiger partial charge in [-0.1, -0.05) is 17.3 Å². The Kier molecular flexibility index (Phi) is 5.12. The Morgan fingerprint density at radius 2 is 1.83 bits per heavy atom. The maximum absolute atomic E-state index is 13.7. The molecule has 9 heteroatoms. The Morgan fingerprint density at radius 1 is 1.09 bits per heavy atom. The first-order chi connectivity index (χ1) is 17.1. The Balaban J connectivity index is 1.33. The minimum atomic E-state index is -0.149. The highest BCUT2D eigenvalue weighted by atomic mass is 16.5. The van der Waals surface area contributed by atoms with E-state index in [2.05, 4.69) is 27.4 Å². The first-order valence-electron chi connectivity index (χ1n) is 11.8. The van der Waals surface area contributed by atoms with Crippen LogP contribution in [-0.2, 0) is 23.1 Å². The molecule has 0 unspecified atom stereocenters. The number of nitroso groups, excluding NO2 is 1. The first-order valence-corrected chi connectivity index (χ1v) is 11.8. The minimum absolute atomic E-state index is 0.0680. The van der Waals surface area contributed by atoms with Crippen molar-refractivity contribution in [1.82, 2.24) is 9.78 Å². The van der Waals surface area contributed by atoms with Crippen molar-refractivity contribution in [1.29, 1.82) is 0 Å². The molecule has 1 saturated carbocycles. The molecule has 0 spiro atoms. The van der Waals surface area contributed by atoms with Crippen molar-refractivity contribution in [3.05, 3.63) is 76.0 Å². The number of aliphatic imine (C=N–C) groups is 1. The summed E-state index contributed by atoms with van der Waals surface area (Å²) in [5, 5.41) is 7.62. The van der Waals surface area contributed by atoms with E-state index in [0.717, 1.165) is 42.2 Å². The molecular formula is C26H25N5O4. The quantitative estimate of drug-likeness (QED) is 0.488. The molecule has 0 N–H and O–H groups in total. The number of amides is 1. The van der Waals surface area contributed by atoms with E-state index in [1.54, 1.807) is 16.7 Å². The minimum Gasteiger partial charge on any atom is -0.497 e. The van der Waals surface area contributed by atoms with Gasteiger partial charge in [-0.2, -0.15) is 10.0 Å². The molecule has 178 valence electrons. The van der Waals surface area contributed by atoms with Gasteiger partial charge in [-0.25, -0.2) is 4.68 Å². The lowest BCUT2D eigenvalue weighted by atomic mass is 9.95. The predicted molar refractivity (Wildman–Crippen MR) is 131 cm³/mol. The molecule has 3 heterocycles. The zero-order valence-electron chi connectivity index (χ0n) is 19.4. The van der Waals surface area contributed by atoms with E-state index in [1.165, 1.54) is 5.56 Å². The van der Waals surface area contributed by atoms with Crippen LogP contribution in [0.15, 0.2) is 58.7 Å². The molecule has 0 atom stereocenters. The van der Waals surface area contributed by atoms with Crippen LogP contribution in [0.4, 0.5) is 5.69 Å². The topological polar surface area (TPSA) is 98.4 Å². The highest BCUT2D eigenvalue weighted by Gasteiger charge is 2.51. The molecule has 0 bridgehead atoms. The summed E-state index contributed by atoms with van der Waals surface area (Å²) >= 11 is 0. The van der Waals surface area contributed by atoms with E-state index in [0.29, 0.717) is 36.7 Å². The number of nitrogens with zero attached hydrogens (tertiary/aromatic N) is 5. The van der Waals surface area contributed by atoms with Gasteiger partial charge in [0.2, 0.25) is 0 Å². The second kappa shape index (κ2) is 8.33. The maximum atomic E-state index is 13.7. The summed E-state index contributed by atoms with van der Waals surface area (Å²) in [6, 6.07) is 15.5. The molecule has 1 fully saturated rings. The second-order valence-corrected chi connectivity index (χ2v) is 9.04. The normalized spacial score (nSPS) is 18.0. The lowest BCUT2D eigenvalue weighted by Gasteiger charge is -2.28. The predicted octanol–water partition coefficient (Wildman–Crippen LogP) is 3.81. The third-order valence-corrected chi connectivity index (χ3v) is 7.11. The summed E-state index contributed by atoms with van der Waals surface area (Å²) in [4.78, 5) is 31.1. The Bertz CT molecular complexity index is 1320. The van der Waals surface area contributed by atoms with Crippen LogP contribution in [0, 0.1) is 4.91 Å². The molecule has 35 heavy (non-hydrogen) atoms. The van der Waals surface area contributed by atoms with Crippen LogP contribution in [0.1, 0.15) is 40.2 Å². The molecule has 1 aromatic heterocycles. The average Bonchev–Trinajstić information content (AvgIpc) is 3.34. The van der Waals surface area contributed by atoms with Gasteiger partial charge in [0.1, 0.15) is 24.6 Å². The third-order valence-electron chi connectivity index (χ3n) is 7.11. The maximum Gasteiger partial charge on any atom is 0.277 e. The van der Waals surface area contributed by atoms with E-state index in [1.807, 2.05) is 36.4 Å². The fourth-order valence-electron chi connectivity index (χ4n) is 5.11. The van der Waals surface area contributed by atoms with Crippen LogP contribution in [0.5, 0.6) is 5.75 Å². The van der Waals surface area contributed by atoms with Gasteiger partial charge < -0.3 is 14.4 Å². The van der Waals surface area contributed by atoms with Gasteiger partial charge in [-0.3, -0.25) is 9.79 Å². The Hall–Kier alpha value is -4.01. The number of ether oxygens (including phenoxy) is 2. The standard InChI is InChI=1S/C26H25N5O4/c1-34-20-8-6-19(7-9-20)31-23-21(22(29-31)16-28-33)10-14-30(24(23)32)18-4-2-17(3-5-18)26(11-12-26)25-27-13-15-35-25/h2-9H,10-16H2,1H3. The lowest BCUT2D eigenvalue weighted by molar-refractivity contribution is 0.0973. The van der Waals surface area contributed by atoms with E-state index >= 15 is 0 Å². The summed E-state index contributed by atoms with van der Waals surface area (Å²) < 4.78 is 12.6. The molecule has 6 rings (SSSR count). The van der Waals surface area contributed by atoms with Crippen molar-refractivity contribution < 1.29 is 14.3 Å². The van der Waals surface area contributed by atoms with Gasteiger partial charge in [-0.05, 0) is 61.2 Å². The molecular weight excluding hydrogens is 446 g/mol. The van der Waals surface area contributed by atoms with Gasteiger partial charge in [0.15, 0.2) is 5.90 Å². The molecule has 1 aliphatic carbocycles. The summed E-state index contributed by atoms with van der Waals surface area (Å²) in [7, 11) is 1.60. The summed E-state index contributed by atoms with van der Waals surface area (Å²) in [5.41, 5.74) is 4.42. The van der Waals surface area contributed by atoms with Crippen LogP contribution >= 0.6 is 0 Å². The zero-order chi connectivity index (χ0) is 24.0. The van der Waals surface area contributed by atoms with Crippen molar-refractivity contribution in [2.24, 2.45) is 10.2 Å². The second-order valence-electron chi connectivity index (χ2n) is 9.04. The van der Waals surface area contributed by atoms with Gasteiger partial charge in [0, 0.05) is 17.8 Å². The van der Waals surface area contributed by atoms with Crippen LogP contribution in [0.2, 0.25) is 0 Å². The van der Waals surface area contributed by atoms with Crippen LogP contribution in [0.25, 0.3) is 5.69 Å². The third kappa shape index (κ3) is 3.50. The summed E-state index contributed by atoms with van der Waals surface area (Å²) in [6.07, 6.45) is 2.66. The highest BCUT2D eigenvalue weighted by Crippen LogP contribution is 2.50. The number of hydrogen-bond acceptors (Lipinski definition) is 7. The number of methoxy groups -OCH3 is 1. The number of rotatable bonds is 7. The van der Waals surface area contributed by atoms with E-state index in [9.17, 15) is 9.70 Å². The van der Waals surface area contributed by atoms with E-state index < -0.39 is 0 Å². The van der Waals surface area contributed by atoms with Crippen molar-refractivity contribution in [3.8, 4) is 11.4 Å². The molecule has 3 aromatic rings. The van der Waals surface area contributed by atoms with Gasteiger partial charge in [0.25, 0.3) is 5.91 Å². The van der Waals surface area contributed by atoms with E-state index in [4.69, 9.17) is 9.47 Å². The van der Waals surface area contributed by atoms with Crippen LogP contribution < -0.4 is 9.64 Å². The van der Waals surface area contributed by atoms with Crippen molar-refractivity contribution in [3.63, 3.8) is 0 Å². The fourth-order valence-corrected chi connectivity index (χ4v) is 5.11. The van der Waals surface area contributed by atoms with Crippen molar-refractivity contribution in [2.45, 2.75) is 31.2 Å². The molecule has 1 amide bonds. The number of benzene rings is 2. The van der Waals surface area contributed by atoms with Crippen LogP contribution in [0.3, 0.4) is 0 Å².